The highest BCUT2D eigenvalue weighted by Crippen LogP contribution is 2.22. The maximum absolute atomic E-state index is 13.4. The molecule has 0 unspecified atom stereocenters. The van der Waals surface area contributed by atoms with Gasteiger partial charge in [0.25, 0.3) is 0 Å². The van der Waals surface area contributed by atoms with Crippen molar-refractivity contribution in [3.05, 3.63) is 51.8 Å². The molecule has 0 saturated heterocycles. The quantitative estimate of drug-likeness (QED) is 0.937. The molecule has 2 rings (SSSR count). The van der Waals surface area contributed by atoms with Crippen LogP contribution in [0.3, 0.4) is 0 Å². The monoisotopic (exact) mass is 289 g/mol. The SMILES string of the molecule is Fc1ccc(F)c(CNc2cc(Cl)nnc2Cl)c1. The fraction of sp³-hybridized carbons (Fsp3) is 0.0909. The molecule has 18 heavy (non-hydrogen) atoms. The summed E-state index contributed by atoms with van der Waals surface area (Å²) in [6.07, 6.45) is 0. The second-order valence-electron chi connectivity index (χ2n) is 3.46. The second kappa shape index (κ2) is 5.46. The molecule has 0 saturated carbocycles. The molecule has 0 aliphatic heterocycles. The van der Waals surface area contributed by atoms with E-state index in [9.17, 15) is 8.78 Å². The molecule has 0 radical (unpaired) electrons. The van der Waals surface area contributed by atoms with Crippen molar-refractivity contribution in [2.45, 2.75) is 6.54 Å². The first-order valence-corrected chi connectivity index (χ1v) is 5.68. The van der Waals surface area contributed by atoms with Gasteiger partial charge in [0.1, 0.15) is 11.6 Å². The molecule has 1 aromatic carbocycles. The minimum Gasteiger partial charge on any atom is -0.378 e. The van der Waals surface area contributed by atoms with Gasteiger partial charge in [0, 0.05) is 18.2 Å². The van der Waals surface area contributed by atoms with Crippen LogP contribution in [0, 0.1) is 11.6 Å². The van der Waals surface area contributed by atoms with E-state index in [0.717, 1.165) is 18.2 Å². The summed E-state index contributed by atoms with van der Waals surface area (Å²) in [6.45, 7) is 0.0608. The molecule has 3 nitrogen and oxygen atoms in total. The Hall–Kier alpha value is -1.46. The smallest absolute Gasteiger partial charge is 0.174 e. The first-order chi connectivity index (χ1) is 8.56. The summed E-state index contributed by atoms with van der Waals surface area (Å²) < 4.78 is 26.3. The fourth-order valence-corrected chi connectivity index (χ4v) is 1.65. The lowest BCUT2D eigenvalue weighted by Crippen LogP contribution is -2.04. The van der Waals surface area contributed by atoms with Crippen molar-refractivity contribution in [1.82, 2.24) is 10.2 Å². The molecule has 1 aromatic heterocycles. The standard InChI is InChI=1S/C11H7Cl2F2N3/c12-10-4-9(11(13)18-17-10)16-5-6-3-7(14)1-2-8(6)15/h1-4H,5H2,(H,16,17). The third-order valence-electron chi connectivity index (χ3n) is 2.20. The summed E-state index contributed by atoms with van der Waals surface area (Å²) in [6, 6.07) is 4.67. The van der Waals surface area contributed by atoms with E-state index in [-0.39, 0.29) is 22.4 Å². The van der Waals surface area contributed by atoms with Crippen LogP contribution < -0.4 is 5.32 Å². The average Bonchev–Trinajstić information content (AvgIpc) is 2.34. The van der Waals surface area contributed by atoms with Crippen molar-refractivity contribution < 1.29 is 8.78 Å². The van der Waals surface area contributed by atoms with Crippen LogP contribution in [0.4, 0.5) is 14.5 Å². The number of nitrogens with one attached hydrogen (secondary N) is 1. The topological polar surface area (TPSA) is 37.8 Å². The van der Waals surface area contributed by atoms with Crippen molar-refractivity contribution >= 4 is 28.9 Å². The van der Waals surface area contributed by atoms with Gasteiger partial charge in [-0.15, -0.1) is 10.2 Å². The number of hydrogen-bond acceptors (Lipinski definition) is 3. The van der Waals surface area contributed by atoms with Crippen molar-refractivity contribution in [2.24, 2.45) is 0 Å². The number of hydrogen-bond donors (Lipinski definition) is 1. The minimum atomic E-state index is -0.509. The highest BCUT2D eigenvalue weighted by molar-refractivity contribution is 6.33. The van der Waals surface area contributed by atoms with Crippen molar-refractivity contribution in [3.63, 3.8) is 0 Å². The highest BCUT2D eigenvalue weighted by atomic mass is 35.5. The molecular formula is C11H7Cl2F2N3. The summed E-state index contributed by atoms with van der Waals surface area (Å²) >= 11 is 11.4. The maximum atomic E-state index is 13.4. The van der Waals surface area contributed by atoms with Gasteiger partial charge in [0.05, 0.1) is 5.69 Å². The largest absolute Gasteiger partial charge is 0.378 e. The Morgan fingerprint density at radius 3 is 2.67 bits per heavy atom. The lowest BCUT2D eigenvalue weighted by molar-refractivity contribution is 0.587. The number of benzene rings is 1. The second-order valence-corrected chi connectivity index (χ2v) is 4.21. The molecule has 0 bridgehead atoms. The summed E-state index contributed by atoms with van der Waals surface area (Å²) in [5.74, 6) is -1.02. The number of rotatable bonds is 3. The summed E-state index contributed by atoms with van der Waals surface area (Å²) in [5.41, 5.74) is 0.583. The van der Waals surface area contributed by atoms with E-state index in [1.807, 2.05) is 0 Å². The Morgan fingerprint density at radius 1 is 1.11 bits per heavy atom. The highest BCUT2D eigenvalue weighted by Gasteiger charge is 2.07. The zero-order valence-electron chi connectivity index (χ0n) is 8.92. The molecule has 0 fully saturated rings. The van der Waals surface area contributed by atoms with Gasteiger partial charge in [0.2, 0.25) is 0 Å². The summed E-state index contributed by atoms with van der Waals surface area (Å²) in [7, 11) is 0. The van der Waals surface area contributed by atoms with Gasteiger partial charge in [0.15, 0.2) is 10.3 Å². The lowest BCUT2D eigenvalue weighted by Gasteiger charge is -2.08. The number of halogens is 4. The number of anilines is 1. The zero-order chi connectivity index (χ0) is 13.1. The van der Waals surface area contributed by atoms with Crippen LogP contribution in [-0.4, -0.2) is 10.2 Å². The molecule has 94 valence electrons. The van der Waals surface area contributed by atoms with E-state index in [4.69, 9.17) is 23.2 Å². The van der Waals surface area contributed by atoms with Crippen LogP contribution >= 0.6 is 23.2 Å². The first-order valence-electron chi connectivity index (χ1n) is 4.93. The normalized spacial score (nSPS) is 10.4. The Balaban J connectivity index is 2.16. The summed E-state index contributed by atoms with van der Waals surface area (Å²) in [4.78, 5) is 0. The molecule has 1 N–H and O–H groups in total. The Kier molecular flexibility index (Phi) is 3.93. The van der Waals surface area contributed by atoms with Gasteiger partial charge in [-0.3, -0.25) is 0 Å². The van der Waals surface area contributed by atoms with Crippen LogP contribution in [0.25, 0.3) is 0 Å². The molecule has 1 heterocycles. The predicted molar refractivity (Wildman–Crippen MR) is 65.7 cm³/mol. The Morgan fingerprint density at radius 2 is 1.89 bits per heavy atom. The zero-order valence-corrected chi connectivity index (χ0v) is 10.4. The van der Waals surface area contributed by atoms with Crippen LogP contribution in [0.2, 0.25) is 10.3 Å². The molecule has 0 atom stereocenters. The third kappa shape index (κ3) is 3.05. The van der Waals surface area contributed by atoms with Gasteiger partial charge in [-0.2, -0.15) is 0 Å². The lowest BCUT2D eigenvalue weighted by atomic mass is 10.2. The first kappa shape index (κ1) is 13.0. The van der Waals surface area contributed by atoms with E-state index in [0.29, 0.717) is 5.69 Å². The molecule has 0 aliphatic rings. The number of nitrogens with zero attached hydrogens (tertiary/aromatic N) is 2. The van der Waals surface area contributed by atoms with Crippen molar-refractivity contribution in [3.8, 4) is 0 Å². The van der Waals surface area contributed by atoms with Gasteiger partial charge < -0.3 is 5.32 Å². The Bertz CT molecular complexity index is 527. The van der Waals surface area contributed by atoms with Gasteiger partial charge in [-0.25, -0.2) is 8.78 Å². The van der Waals surface area contributed by atoms with E-state index < -0.39 is 11.6 Å². The van der Waals surface area contributed by atoms with Gasteiger partial charge in [-0.05, 0) is 18.2 Å². The van der Waals surface area contributed by atoms with Gasteiger partial charge in [-0.1, -0.05) is 23.2 Å². The Labute approximate surface area is 112 Å². The van der Waals surface area contributed by atoms with Crippen LogP contribution in [-0.2, 0) is 6.54 Å². The van der Waals surface area contributed by atoms with Gasteiger partial charge >= 0.3 is 0 Å². The molecule has 0 aliphatic carbocycles. The molecule has 7 heteroatoms. The van der Waals surface area contributed by atoms with Crippen LogP contribution in [0.5, 0.6) is 0 Å². The third-order valence-corrected chi connectivity index (χ3v) is 2.66. The predicted octanol–water partition coefficient (Wildman–Crippen LogP) is 3.67. The minimum absolute atomic E-state index is 0.0608. The fourth-order valence-electron chi connectivity index (χ4n) is 1.35. The summed E-state index contributed by atoms with van der Waals surface area (Å²) in [5, 5.41) is 10.2. The van der Waals surface area contributed by atoms with Crippen molar-refractivity contribution in [2.75, 3.05) is 5.32 Å². The number of aromatic nitrogens is 2. The van der Waals surface area contributed by atoms with E-state index in [1.54, 1.807) is 0 Å². The van der Waals surface area contributed by atoms with E-state index in [2.05, 4.69) is 15.5 Å². The maximum Gasteiger partial charge on any atom is 0.174 e. The average molecular weight is 290 g/mol. The van der Waals surface area contributed by atoms with Crippen molar-refractivity contribution in [1.29, 1.82) is 0 Å². The van der Waals surface area contributed by atoms with Crippen LogP contribution in [0.1, 0.15) is 5.56 Å². The van der Waals surface area contributed by atoms with Crippen LogP contribution in [0.15, 0.2) is 24.3 Å². The van der Waals surface area contributed by atoms with E-state index >= 15 is 0 Å². The molecule has 0 spiro atoms. The molecular weight excluding hydrogens is 283 g/mol. The molecule has 2 aromatic rings. The van der Waals surface area contributed by atoms with E-state index in [1.165, 1.54) is 6.07 Å². The molecule has 0 amide bonds.